The average Bonchev–Trinajstić information content (AvgIpc) is 2.19. The quantitative estimate of drug-likeness (QED) is 0.747. The molecule has 0 aromatic carbocycles. The van der Waals surface area contributed by atoms with E-state index < -0.39 is 0 Å². The Balaban J connectivity index is 2.41. The molecule has 0 radical (unpaired) electrons. The molecule has 0 unspecified atom stereocenters. The summed E-state index contributed by atoms with van der Waals surface area (Å²) < 4.78 is 0. The van der Waals surface area contributed by atoms with Gasteiger partial charge in [0.15, 0.2) is 0 Å². The van der Waals surface area contributed by atoms with E-state index in [0.29, 0.717) is 6.42 Å². The first-order valence-electron chi connectivity index (χ1n) is 5.47. The number of nitrogens with zero attached hydrogens (tertiary/aromatic N) is 1. The van der Waals surface area contributed by atoms with Gasteiger partial charge >= 0.3 is 0 Å². The van der Waals surface area contributed by atoms with E-state index in [2.05, 4.69) is 11.4 Å². The summed E-state index contributed by atoms with van der Waals surface area (Å²) in [6, 6.07) is 2.39. The molecule has 1 fully saturated rings. The van der Waals surface area contributed by atoms with Crippen LogP contribution in [0.4, 0.5) is 0 Å². The molecule has 1 aliphatic rings. The predicted molar refractivity (Wildman–Crippen MR) is 54.4 cm³/mol. The summed E-state index contributed by atoms with van der Waals surface area (Å²) >= 11 is 0. The van der Waals surface area contributed by atoms with Crippen LogP contribution in [0.25, 0.3) is 0 Å². The lowest BCUT2D eigenvalue weighted by molar-refractivity contribution is -0.122. The second kappa shape index (κ2) is 5.64. The third-order valence-corrected chi connectivity index (χ3v) is 2.76. The zero-order valence-corrected chi connectivity index (χ0v) is 8.75. The highest BCUT2D eigenvalue weighted by molar-refractivity contribution is 5.76. The topological polar surface area (TPSA) is 52.9 Å². The maximum Gasteiger partial charge on any atom is 0.220 e. The van der Waals surface area contributed by atoms with E-state index in [1.165, 1.54) is 0 Å². The van der Waals surface area contributed by atoms with Crippen molar-refractivity contribution in [1.82, 2.24) is 5.32 Å². The van der Waals surface area contributed by atoms with Crippen molar-refractivity contribution in [3.8, 4) is 6.07 Å². The molecule has 14 heavy (non-hydrogen) atoms. The smallest absolute Gasteiger partial charge is 0.220 e. The monoisotopic (exact) mass is 194 g/mol. The van der Waals surface area contributed by atoms with Crippen LogP contribution in [0.15, 0.2) is 0 Å². The number of amides is 1. The molecule has 1 aliphatic carbocycles. The van der Waals surface area contributed by atoms with E-state index in [0.717, 1.165) is 32.1 Å². The first kappa shape index (κ1) is 11.0. The largest absolute Gasteiger partial charge is 0.352 e. The summed E-state index contributed by atoms with van der Waals surface area (Å²) in [5.74, 6) is 0.129. The van der Waals surface area contributed by atoms with Crippen molar-refractivity contribution in [1.29, 1.82) is 5.26 Å². The molecule has 78 valence electrons. The molecule has 0 spiro atoms. The molecular weight excluding hydrogens is 176 g/mol. The van der Waals surface area contributed by atoms with E-state index in [9.17, 15) is 4.79 Å². The Morgan fingerprint density at radius 3 is 2.86 bits per heavy atom. The predicted octanol–water partition coefficient (Wildman–Crippen LogP) is 1.99. The Labute approximate surface area is 85.5 Å². The molecule has 1 saturated carbocycles. The van der Waals surface area contributed by atoms with Crippen LogP contribution in [0.3, 0.4) is 0 Å². The van der Waals surface area contributed by atoms with Crippen LogP contribution >= 0.6 is 0 Å². The number of nitriles is 1. The molecule has 0 aliphatic heterocycles. The van der Waals surface area contributed by atoms with Gasteiger partial charge in [-0.2, -0.15) is 5.26 Å². The van der Waals surface area contributed by atoms with Gasteiger partial charge in [-0.1, -0.05) is 19.8 Å². The Hall–Kier alpha value is -1.04. The second-order valence-electron chi connectivity index (χ2n) is 3.94. The molecule has 0 bridgehead atoms. The first-order chi connectivity index (χ1) is 6.77. The summed E-state index contributed by atoms with van der Waals surface area (Å²) in [4.78, 5) is 11.4. The summed E-state index contributed by atoms with van der Waals surface area (Å²) in [6.45, 7) is 1.99. The van der Waals surface area contributed by atoms with Crippen molar-refractivity contribution < 1.29 is 4.79 Å². The molecule has 2 atom stereocenters. The van der Waals surface area contributed by atoms with E-state index in [1.54, 1.807) is 0 Å². The lowest BCUT2D eigenvalue weighted by atomic mass is 9.85. The summed E-state index contributed by atoms with van der Waals surface area (Å²) in [5.41, 5.74) is 0. The van der Waals surface area contributed by atoms with Crippen molar-refractivity contribution in [3.63, 3.8) is 0 Å². The molecule has 0 saturated heterocycles. The number of nitrogens with one attached hydrogen (secondary N) is 1. The van der Waals surface area contributed by atoms with Crippen molar-refractivity contribution >= 4 is 5.91 Å². The molecule has 0 aromatic rings. The van der Waals surface area contributed by atoms with Crippen LogP contribution < -0.4 is 5.32 Å². The minimum Gasteiger partial charge on any atom is -0.352 e. The molecule has 1 N–H and O–H groups in total. The molecule has 3 heteroatoms. The van der Waals surface area contributed by atoms with Crippen LogP contribution in [0, 0.1) is 17.2 Å². The zero-order valence-electron chi connectivity index (χ0n) is 8.75. The fraction of sp³-hybridized carbons (Fsp3) is 0.818. The van der Waals surface area contributed by atoms with E-state index in [4.69, 9.17) is 5.26 Å². The van der Waals surface area contributed by atoms with Gasteiger partial charge in [-0.25, -0.2) is 0 Å². The van der Waals surface area contributed by atoms with Gasteiger partial charge in [0.25, 0.3) is 0 Å². The highest BCUT2D eigenvalue weighted by Crippen LogP contribution is 2.23. The third kappa shape index (κ3) is 3.02. The fourth-order valence-electron chi connectivity index (χ4n) is 1.96. The van der Waals surface area contributed by atoms with Crippen molar-refractivity contribution in [2.75, 3.05) is 0 Å². The Morgan fingerprint density at radius 2 is 2.21 bits per heavy atom. The number of rotatable bonds is 3. The highest BCUT2D eigenvalue weighted by atomic mass is 16.1. The van der Waals surface area contributed by atoms with Gasteiger partial charge in [-0.05, 0) is 19.3 Å². The van der Waals surface area contributed by atoms with Gasteiger partial charge in [0.2, 0.25) is 5.91 Å². The van der Waals surface area contributed by atoms with Gasteiger partial charge in [-0.3, -0.25) is 4.79 Å². The van der Waals surface area contributed by atoms with Crippen molar-refractivity contribution in [3.05, 3.63) is 0 Å². The van der Waals surface area contributed by atoms with E-state index >= 15 is 0 Å². The maximum atomic E-state index is 11.4. The minimum absolute atomic E-state index is 0.0320. The molecule has 1 amide bonds. The van der Waals surface area contributed by atoms with Gasteiger partial charge in [0.1, 0.15) is 0 Å². The summed E-state index contributed by atoms with van der Waals surface area (Å²) in [7, 11) is 0. The first-order valence-corrected chi connectivity index (χ1v) is 5.47. The third-order valence-electron chi connectivity index (χ3n) is 2.76. The standard InChI is InChI=1S/C11H18N2O/c1-2-5-11(14)13-10-7-4-3-6-9(10)8-12/h9-10H,2-7H2,1H3,(H,13,14)/t9-,10-/m1/s1. The van der Waals surface area contributed by atoms with Crippen LogP contribution in [0.5, 0.6) is 0 Å². The van der Waals surface area contributed by atoms with E-state index in [-0.39, 0.29) is 17.9 Å². The summed E-state index contributed by atoms with van der Waals surface area (Å²) in [5, 5.41) is 11.9. The highest BCUT2D eigenvalue weighted by Gasteiger charge is 2.25. The number of carbonyl (C=O) groups excluding carboxylic acids is 1. The number of hydrogen-bond acceptors (Lipinski definition) is 2. The van der Waals surface area contributed by atoms with Crippen LogP contribution in [-0.2, 0) is 4.79 Å². The number of carbonyl (C=O) groups is 1. The van der Waals surface area contributed by atoms with Crippen LogP contribution in [-0.4, -0.2) is 11.9 Å². The normalized spacial score (nSPS) is 26.6. The van der Waals surface area contributed by atoms with Gasteiger partial charge in [0, 0.05) is 12.5 Å². The minimum atomic E-state index is 0.0320. The molecular formula is C11H18N2O. The fourth-order valence-corrected chi connectivity index (χ4v) is 1.96. The van der Waals surface area contributed by atoms with Gasteiger partial charge in [-0.15, -0.1) is 0 Å². The SMILES string of the molecule is CCCC(=O)N[C@@H]1CCCC[C@@H]1C#N. The maximum absolute atomic E-state index is 11.4. The van der Waals surface area contributed by atoms with Crippen LogP contribution in [0.1, 0.15) is 45.4 Å². The second-order valence-corrected chi connectivity index (χ2v) is 3.94. The molecule has 1 rings (SSSR count). The van der Waals surface area contributed by atoms with E-state index in [1.807, 2.05) is 6.92 Å². The lowest BCUT2D eigenvalue weighted by Gasteiger charge is -2.27. The molecule has 3 nitrogen and oxygen atoms in total. The Bertz CT molecular complexity index is 232. The summed E-state index contributed by atoms with van der Waals surface area (Å²) in [6.07, 6.45) is 5.61. The van der Waals surface area contributed by atoms with Crippen LogP contribution in [0.2, 0.25) is 0 Å². The lowest BCUT2D eigenvalue weighted by Crippen LogP contribution is -2.41. The Kier molecular flexibility index (Phi) is 4.45. The Morgan fingerprint density at radius 1 is 1.50 bits per heavy atom. The zero-order chi connectivity index (χ0) is 10.4. The molecule has 0 aromatic heterocycles. The van der Waals surface area contributed by atoms with Gasteiger partial charge in [0.05, 0.1) is 12.0 Å². The average molecular weight is 194 g/mol. The molecule has 0 heterocycles. The van der Waals surface area contributed by atoms with Crippen molar-refractivity contribution in [2.24, 2.45) is 5.92 Å². The van der Waals surface area contributed by atoms with Gasteiger partial charge < -0.3 is 5.32 Å². The number of hydrogen-bond donors (Lipinski definition) is 1. The van der Waals surface area contributed by atoms with Crippen molar-refractivity contribution in [2.45, 2.75) is 51.5 Å².